The van der Waals surface area contributed by atoms with E-state index < -0.39 is 0 Å². The zero-order valence-corrected chi connectivity index (χ0v) is 14.3. The summed E-state index contributed by atoms with van der Waals surface area (Å²) in [5.74, 6) is 0.472. The lowest BCUT2D eigenvalue weighted by atomic mass is 9.89. The van der Waals surface area contributed by atoms with E-state index in [1.54, 1.807) is 0 Å². The molecule has 0 amide bonds. The molecule has 0 nitrogen and oxygen atoms in total. The van der Waals surface area contributed by atoms with E-state index in [2.05, 4.69) is 78.3 Å². The number of unbranched alkanes of at least 4 members (excludes halogenated alkanes) is 1. The number of rotatable bonds is 4. The highest BCUT2D eigenvalue weighted by molar-refractivity contribution is 9.10. The molecule has 0 bridgehead atoms. The van der Waals surface area contributed by atoms with Crippen LogP contribution in [0.1, 0.15) is 54.9 Å². The van der Waals surface area contributed by atoms with E-state index in [9.17, 15) is 0 Å². The third-order valence-electron chi connectivity index (χ3n) is 4.45. The van der Waals surface area contributed by atoms with Gasteiger partial charge < -0.3 is 0 Å². The first-order chi connectivity index (χ1) is 10.2. The fourth-order valence-electron chi connectivity index (χ4n) is 3.23. The Hall–Kier alpha value is -1.34. The maximum absolute atomic E-state index is 3.69. The van der Waals surface area contributed by atoms with Crippen LogP contribution in [0.4, 0.5) is 0 Å². The molecule has 1 unspecified atom stereocenters. The Balaban J connectivity index is 2.03. The monoisotopic (exact) mass is 340 g/mol. The molecular weight excluding hydrogens is 320 g/mol. The summed E-state index contributed by atoms with van der Waals surface area (Å²) in [5, 5.41) is 0. The van der Waals surface area contributed by atoms with Gasteiger partial charge in [-0.3, -0.25) is 0 Å². The lowest BCUT2D eigenvalue weighted by Gasteiger charge is -2.15. The number of halogens is 1. The number of benzene rings is 2. The summed E-state index contributed by atoms with van der Waals surface area (Å²) in [6.45, 7) is 4.58. The summed E-state index contributed by atoms with van der Waals surface area (Å²) < 4.78 is 1.20. The Kier molecular flexibility index (Phi) is 4.30. The van der Waals surface area contributed by atoms with E-state index in [0.29, 0.717) is 5.92 Å². The number of hydrogen-bond donors (Lipinski definition) is 0. The molecule has 21 heavy (non-hydrogen) atoms. The van der Waals surface area contributed by atoms with Gasteiger partial charge >= 0.3 is 0 Å². The van der Waals surface area contributed by atoms with Crippen molar-refractivity contribution < 1.29 is 0 Å². The molecule has 2 aromatic rings. The Labute approximate surface area is 136 Å². The van der Waals surface area contributed by atoms with Gasteiger partial charge in [0.15, 0.2) is 0 Å². The largest absolute Gasteiger partial charge is 0.0654 e. The first-order valence-corrected chi connectivity index (χ1v) is 8.60. The number of hydrogen-bond acceptors (Lipinski definition) is 0. The van der Waals surface area contributed by atoms with Crippen LogP contribution in [0, 0.1) is 0 Å². The van der Waals surface area contributed by atoms with Crippen molar-refractivity contribution in [1.29, 1.82) is 0 Å². The highest BCUT2D eigenvalue weighted by atomic mass is 79.9. The molecule has 0 spiro atoms. The standard InChI is InChI=1S/C20H21Br/c1-3-4-8-15-9-5-6-10-17(15)18-13-19-16(14(18)2)11-7-12-20(19)21/h5-7,9-14H,3-4,8H2,1-2H3. The predicted octanol–water partition coefficient (Wildman–Crippen LogP) is 6.45. The Morgan fingerprint density at radius 3 is 2.62 bits per heavy atom. The van der Waals surface area contributed by atoms with Crippen molar-refractivity contribution in [3.63, 3.8) is 0 Å². The molecule has 0 aliphatic heterocycles. The molecule has 0 heterocycles. The quantitative estimate of drug-likeness (QED) is 0.599. The maximum atomic E-state index is 3.69. The van der Waals surface area contributed by atoms with E-state index in [1.807, 2.05) is 0 Å². The molecule has 0 N–H and O–H groups in total. The van der Waals surface area contributed by atoms with Gasteiger partial charge in [0.05, 0.1) is 0 Å². The van der Waals surface area contributed by atoms with Crippen molar-refractivity contribution in [2.45, 2.75) is 39.0 Å². The molecule has 1 aliphatic carbocycles. The topological polar surface area (TPSA) is 0 Å². The van der Waals surface area contributed by atoms with E-state index in [-0.39, 0.29) is 0 Å². The van der Waals surface area contributed by atoms with Crippen LogP contribution in [0.15, 0.2) is 46.9 Å². The summed E-state index contributed by atoms with van der Waals surface area (Å²) in [6.07, 6.45) is 6.05. The zero-order chi connectivity index (χ0) is 14.8. The van der Waals surface area contributed by atoms with Gasteiger partial charge in [0, 0.05) is 10.4 Å². The number of allylic oxidation sites excluding steroid dienone is 1. The first-order valence-electron chi connectivity index (χ1n) is 7.80. The summed E-state index contributed by atoms with van der Waals surface area (Å²) in [6, 6.07) is 15.4. The fourth-order valence-corrected chi connectivity index (χ4v) is 3.73. The van der Waals surface area contributed by atoms with E-state index in [4.69, 9.17) is 0 Å². The molecule has 1 aliphatic rings. The van der Waals surface area contributed by atoms with Gasteiger partial charge in [-0.25, -0.2) is 0 Å². The van der Waals surface area contributed by atoms with Gasteiger partial charge in [-0.15, -0.1) is 0 Å². The lowest BCUT2D eigenvalue weighted by molar-refractivity contribution is 0.792. The Morgan fingerprint density at radius 2 is 1.86 bits per heavy atom. The average Bonchev–Trinajstić information content (AvgIpc) is 2.84. The summed E-state index contributed by atoms with van der Waals surface area (Å²) >= 11 is 3.69. The van der Waals surface area contributed by atoms with Crippen LogP contribution >= 0.6 is 15.9 Å². The molecule has 3 rings (SSSR count). The van der Waals surface area contributed by atoms with Crippen LogP contribution in [-0.2, 0) is 6.42 Å². The van der Waals surface area contributed by atoms with Gasteiger partial charge in [-0.05, 0) is 52.8 Å². The molecule has 2 aromatic carbocycles. The predicted molar refractivity (Wildman–Crippen MR) is 95.5 cm³/mol. The number of fused-ring (bicyclic) bond motifs is 1. The minimum atomic E-state index is 0.472. The zero-order valence-electron chi connectivity index (χ0n) is 12.7. The van der Waals surface area contributed by atoms with E-state index in [0.717, 1.165) is 0 Å². The summed E-state index contributed by atoms with van der Waals surface area (Å²) in [5.41, 5.74) is 7.17. The Morgan fingerprint density at radius 1 is 1.05 bits per heavy atom. The molecule has 0 radical (unpaired) electrons. The van der Waals surface area contributed by atoms with Crippen LogP contribution in [0.25, 0.3) is 11.6 Å². The molecule has 0 saturated heterocycles. The molecule has 1 atom stereocenters. The van der Waals surface area contributed by atoms with Crippen LogP contribution in [0.3, 0.4) is 0 Å². The third kappa shape index (κ3) is 2.72. The SMILES string of the molecule is CCCCc1ccccc1C1=Cc2c(Br)cccc2C1C. The summed E-state index contributed by atoms with van der Waals surface area (Å²) in [7, 11) is 0. The van der Waals surface area contributed by atoms with Crippen molar-refractivity contribution in [3.05, 3.63) is 69.2 Å². The van der Waals surface area contributed by atoms with Gasteiger partial charge in [-0.2, -0.15) is 0 Å². The maximum Gasteiger partial charge on any atom is 0.0250 e. The van der Waals surface area contributed by atoms with Gasteiger partial charge in [0.2, 0.25) is 0 Å². The number of aryl methyl sites for hydroxylation is 1. The molecule has 1 heteroatoms. The van der Waals surface area contributed by atoms with Crippen LogP contribution in [-0.4, -0.2) is 0 Å². The smallest absolute Gasteiger partial charge is 0.0250 e. The summed E-state index contributed by atoms with van der Waals surface area (Å²) in [4.78, 5) is 0. The van der Waals surface area contributed by atoms with Crippen LogP contribution in [0.5, 0.6) is 0 Å². The normalized spacial score (nSPS) is 16.7. The van der Waals surface area contributed by atoms with Crippen molar-refractivity contribution >= 4 is 27.6 Å². The Bertz CT molecular complexity index is 682. The van der Waals surface area contributed by atoms with Crippen LogP contribution < -0.4 is 0 Å². The van der Waals surface area contributed by atoms with Gasteiger partial charge in [-0.1, -0.05) is 72.6 Å². The van der Waals surface area contributed by atoms with E-state index >= 15 is 0 Å². The van der Waals surface area contributed by atoms with Crippen molar-refractivity contribution in [1.82, 2.24) is 0 Å². The highest BCUT2D eigenvalue weighted by Crippen LogP contribution is 2.44. The van der Waals surface area contributed by atoms with Gasteiger partial charge in [0.1, 0.15) is 0 Å². The lowest BCUT2D eigenvalue weighted by Crippen LogP contribution is -1.98. The molecular formula is C20H21Br. The second-order valence-corrected chi connectivity index (χ2v) is 6.68. The van der Waals surface area contributed by atoms with Crippen molar-refractivity contribution in [2.24, 2.45) is 0 Å². The van der Waals surface area contributed by atoms with Gasteiger partial charge in [0.25, 0.3) is 0 Å². The van der Waals surface area contributed by atoms with Crippen molar-refractivity contribution in [2.75, 3.05) is 0 Å². The minimum Gasteiger partial charge on any atom is -0.0654 e. The second-order valence-electron chi connectivity index (χ2n) is 5.82. The fraction of sp³-hybridized carbons (Fsp3) is 0.300. The second kappa shape index (κ2) is 6.19. The molecule has 0 saturated carbocycles. The van der Waals surface area contributed by atoms with E-state index in [1.165, 1.54) is 51.6 Å². The minimum absolute atomic E-state index is 0.472. The molecule has 0 aromatic heterocycles. The van der Waals surface area contributed by atoms with Crippen molar-refractivity contribution in [3.8, 4) is 0 Å². The third-order valence-corrected chi connectivity index (χ3v) is 5.14. The molecule has 108 valence electrons. The first kappa shape index (κ1) is 14.6. The highest BCUT2D eigenvalue weighted by Gasteiger charge is 2.24. The van der Waals surface area contributed by atoms with Crippen LogP contribution in [0.2, 0.25) is 0 Å². The molecule has 0 fully saturated rings. The average molecular weight is 341 g/mol.